The van der Waals surface area contributed by atoms with E-state index >= 15 is 0 Å². The zero-order valence-electron chi connectivity index (χ0n) is 17.0. The van der Waals surface area contributed by atoms with Crippen molar-refractivity contribution in [2.75, 3.05) is 19.6 Å². The zero-order chi connectivity index (χ0) is 20.1. The Hall–Kier alpha value is -2.14. The molecule has 1 saturated heterocycles. The van der Waals surface area contributed by atoms with Crippen molar-refractivity contribution >= 4 is 23.2 Å². The highest BCUT2D eigenvalue weighted by Crippen LogP contribution is 2.35. The molecule has 1 aromatic carbocycles. The van der Waals surface area contributed by atoms with Gasteiger partial charge in [-0.05, 0) is 48.8 Å². The minimum Gasteiger partial charge on any atom is -0.356 e. The number of hydrogen-bond acceptors (Lipinski definition) is 3. The summed E-state index contributed by atoms with van der Waals surface area (Å²) in [7, 11) is 0. The van der Waals surface area contributed by atoms with Gasteiger partial charge in [0.1, 0.15) is 0 Å². The maximum absolute atomic E-state index is 13.1. The van der Waals surface area contributed by atoms with E-state index in [1.54, 1.807) is 11.3 Å². The molecule has 3 rings (SSSR count). The van der Waals surface area contributed by atoms with Crippen LogP contribution in [0.5, 0.6) is 0 Å². The zero-order valence-corrected chi connectivity index (χ0v) is 17.8. The molecule has 1 atom stereocenters. The molecular weight excluding hydrogens is 368 g/mol. The van der Waals surface area contributed by atoms with Crippen LogP contribution in [0, 0.1) is 11.3 Å². The molecule has 5 heteroatoms. The molecule has 2 amide bonds. The van der Waals surface area contributed by atoms with Gasteiger partial charge >= 0.3 is 0 Å². The van der Waals surface area contributed by atoms with E-state index < -0.39 is 5.41 Å². The number of amides is 2. The maximum atomic E-state index is 13.1. The first-order valence-electron chi connectivity index (χ1n) is 10.1. The molecule has 0 unspecified atom stereocenters. The number of thiophene rings is 1. The minimum absolute atomic E-state index is 0.0462. The second kappa shape index (κ2) is 8.91. The second-order valence-corrected chi connectivity index (χ2v) is 8.96. The number of hydrogen-bond donors (Lipinski definition) is 1. The molecule has 4 nitrogen and oxygen atoms in total. The molecule has 2 heterocycles. The van der Waals surface area contributed by atoms with Gasteiger partial charge in [-0.2, -0.15) is 0 Å². The van der Waals surface area contributed by atoms with Crippen LogP contribution in [0.1, 0.15) is 39.2 Å². The van der Waals surface area contributed by atoms with Crippen molar-refractivity contribution in [1.29, 1.82) is 0 Å². The van der Waals surface area contributed by atoms with Crippen LogP contribution in [-0.2, 0) is 16.0 Å². The molecule has 0 aliphatic carbocycles. The van der Waals surface area contributed by atoms with Crippen LogP contribution >= 0.6 is 11.3 Å². The number of carbonyl (C=O) groups is 2. The summed E-state index contributed by atoms with van der Waals surface area (Å²) >= 11 is 1.73. The summed E-state index contributed by atoms with van der Waals surface area (Å²) in [6, 6.07) is 12.7. The molecule has 1 N–H and O–H groups in total. The fraction of sp³-hybridized carbons (Fsp3) is 0.478. The van der Waals surface area contributed by atoms with Crippen molar-refractivity contribution in [2.45, 2.75) is 40.0 Å². The van der Waals surface area contributed by atoms with Crippen molar-refractivity contribution in [3.63, 3.8) is 0 Å². The Morgan fingerprint density at radius 3 is 2.57 bits per heavy atom. The van der Waals surface area contributed by atoms with E-state index in [1.165, 1.54) is 10.4 Å². The first-order valence-corrected chi connectivity index (χ1v) is 11.0. The van der Waals surface area contributed by atoms with Gasteiger partial charge in [-0.15, -0.1) is 11.3 Å². The van der Waals surface area contributed by atoms with E-state index in [1.807, 2.05) is 25.7 Å². The highest BCUT2D eigenvalue weighted by atomic mass is 32.1. The topological polar surface area (TPSA) is 49.4 Å². The van der Waals surface area contributed by atoms with E-state index in [2.05, 4.69) is 47.1 Å². The number of nitrogens with one attached hydrogen (secondary N) is 1. The second-order valence-electron chi connectivity index (χ2n) is 8.01. The molecule has 1 aliphatic heterocycles. The van der Waals surface area contributed by atoms with E-state index in [-0.39, 0.29) is 17.7 Å². The molecule has 0 spiro atoms. The first kappa shape index (κ1) is 20.6. The predicted octanol–water partition coefficient (Wildman–Crippen LogP) is 4.36. The Labute approximate surface area is 172 Å². The van der Waals surface area contributed by atoms with Crippen molar-refractivity contribution in [2.24, 2.45) is 11.3 Å². The highest BCUT2D eigenvalue weighted by molar-refractivity contribution is 7.13. The summed E-state index contributed by atoms with van der Waals surface area (Å²) in [5.74, 6) is 0.162. The predicted molar refractivity (Wildman–Crippen MR) is 115 cm³/mol. The van der Waals surface area contributed by atoms with Gasteiger partial charge in [0, 0.05) is 30.4 Å². The molecule has 1 aliphatic rings. The number of benzene rings is 1. The molecule has 1 fully saturated rings. The minimum atomic E-state index is -0.552. The SMILES string of the molecule is CCNC(=O)[C@@]1(Cc2ccc(-c3cccs3)cc2)CCCN(C(=O)C(C)C)C1. The van der Waals surface area contributed by atoms with Crippen LogP contribution in [0.15, 0.2) is 41.8 Å². The summed E-state index contributed by atoms with van der Waals surface area (Å²) < 4.78 is 0. The summed E-state index contributed by atoms with van der Waals surface area (Å²) in [5.41, 5.74) is 1.79. The lowest BCUT2D eigenvalue weighted by Gasteiger charge is -2.42. The van der Waals surface area contributed by atoms with Crippen LogP contribution < -0.4 is 5.32 Å². The first-order chi connectivity index (χ1) is 13.4. The van der Waals surface area contributed by atoms with Gasteiger partial charge < -0.3 is 10.2 Å². The lowest BCUT2D eigenvalue weighted by molar-refractivity contribution is -0.143. The van der Waals surface area contributed by atoms with Gasteiger partial charge in [-0.1, -0.05) is 44.2 Å². The fourth-order valence-electron chi connectivity index (χ4n) is 4.06. The third kappa shape index (κ3) is 4.46. The Kier molecular flexibility index (Phi) is 6.55. The van der Waals surface area contributed by atoms with E-state index in [9.17, 15) is 9.59 Å². The van der Waals surface area contributed by atoms with E-state index in [0.717, 1.165) is 24.9 Å². The van der Waals surface area contributed by atoms with Crippen LogP contribution in [0.3, 0.4) is 0 Å². The molecule has 28 heavy (non-hydrogen) atoms. The Bertz CT molecular complexity index is 799. The van der Waals surface area contributed by atoms with E-state index in [0.29, 0.717) is 19.5 Å². The van der Waals surface area contributed by atoms with Crippen molar-refractivity contribution in [3.8, 4) is 10.4 Å². The monoisotopic (exact) mass is 398 g/mol. The van der Waals surface area contributed by atoms with Gasteiger partial charge in [0.15, 0.2) is 0 Å². The Morgan fingerprint density at radius 1 is 1.21 bits per heavy atom. The third-order valence-electron chi connectivity index (χ3n) is 5.50. The normalized spacial score (nSPS) is 19.6. The molecule has 1 aromatic heterocycles. The van der Waals surface area contributed by atoms with Crippen molar-refractivity contribution in [3.05, 3.63) is 47.3 Å². The average molecular weight is 399 g/mol. The summed E-state index contributed by atoms with van der Waals surface area (Å²) in [4.78, 5) is 28.8. The quantitative estimate of drug-likeness (QED) is 0.786. The smallest absolute Gasteiger partial charge is 0.228 e. The maximum Gasteiger partial charge on any atom is 0.228 e. The molecule has 0 radical (unpaired) electrons. The summed E-state index contributed by atoms with van der Waals surface area (Å²) in [6.07, 6.45) is 2.34. The van der Waals surface area contributed by atoms with Gasteiger partial charge in [0.2, 0.25) is 11.8 Å². The largest absolute Gasteiger partial charge is 0.356 e. The molecule has 2 aromatic rings. The average Bonchev–Trinajstić information content (AvgIpc) is 3.23. The van der Waals surface area contributed by atoms with Crippen molar-refractivity contribution in [1.82, 2.24) is 10.2 Å². The van der Waals surface area contributed by atoms with Crippen molar-refractivity contribution < 1.29 is 9.59 Å². The molecule has 150 valence electrons. The van der Waals surface area contributed by atoms with Crippen LogP contribution in [-0.4, -0.2) is 36.3 Å². The molecule has 0 saturated carbocycles. The number of likely N-dealkylation sites (tertiary alicyclic amines) is 1. The Balaban J connectivity index is 1.83. The van der Waals surface area contributed by atoms with Gasteiger partial charge in [0.05, 0.1) is 5.41 Å². The van der Waals surface area contributed by atoms with Gasteiger partial charge in [-0.3, -0.25) is 9.59 Å². The highest BCUT2D eigenvalue weighted by Gasteiger charge is 2.43. The lowest BCUT2D eigenvalue weighted by Crippen LogP contribution is -2.55. The molecule has 0 bridgehead atoms. The van der Waals surface area contributed by atoms with Crippen LogP contribution in [0.2, 0.25) is 0 Å². The van der Waals surface area contributed by atoms with Gasteiger partial charge in [-0.25, -0.2) is 0 Å². The molecular formula is C23H30N2O2S. The van der Waals surface area contributed by atoms with Crippen LogP contribution in [0.25, 0.3) is 10.4 Å². The number of rotatable bonds is 6. The number of nitrogens with zero attached hydrogens (tertiary/aromatic N) is 1. The standard InChI is InChI=1S/C23H30N2O2S/c1-4-24-22(27)23(12-6-13-25(16-23)21(26)17(2)3)15-18-8-10-19(11-9-18)20-7-5-14-28-20/h5,7-11,14,17H,4,6,12-13,15-16H2,1-3H3,(H,24,27)/t23-/m1/s1. The fourth-order valence-corrected chi connectivity index (χ4v) is 4.80. The number of carbonyl (C=O) groups excluding carboxylic acids is 2. The van der Waals surface area contributed by atoms with E-state index in [4.69, 9.17) is 0 Å². The van der Waals surface area contributed by atoms with Crippen LogP contribution in [0.4, 0.5) is 0 Å². The summed E-state index contributed by atoms with van der Waals surface area (Å²) in [6.45, 7) is 7.65. The lowest BCUT2D eigenvalue weighted by atomic mass is 9.74. The number of piperidine rings is 1. The third-order valence-corrected chi connectivity index (χ3v) is 6.42. The Morgan fingerprint density at radius 2 is 1.96 bits per heavy atom. The summed E-state index contributed by atoms with van der Waals surface area (Å²) in [5, 5.41) is 5.10. The van der Waals surface area contributed by atoms with Gasteiger partial charge in [0.25, 0.3) is 0 Å².